The van der Waals surface area contributed by atoms with Gasteiger partial charge in [0.2, 0.25) is 0 Å². The molecule has 1 aliphatic rings. The van der Waals surface area contributed by atoms with Gasteiger partial charge in [-0.15, -0.1) is 0 Å². The van der Waals surface area contributed by atoms with Crippen LogP contribution in [0.3, 0.4) is 0 Å². The zero-order valence-corrected chi connectivity index (χ0v) is 10.6. The minimum absolute atomic E-state index is 0.147. The minimum Gasteiger partial charge on any atom is -0.380 e. The number of hydrogen-bond donors (Lipinski definition) is 1. The number of rotatable bonds is 1. The Kier molecular flexibility index (Phi) is 2.55. The highest BCUT2D eigenvalue weighted by Crippen LogP contribution is 2.39. The summed E-state index contributed by atoms with van der Waals surface area (Å²) in [6.07, 6.45) is 2.34. The molecule has 0 saturated carbocycles. The molecule has 0 amide bonds. The summed E-state index contributed by atoms with van der Waals surface area (Å²) in [4.78, 5) is 0. The predicted octanol–water partition coefficient (Wildman–Crippen LogP) is 3.63. The van der Waals surface area contributed by atoms with Crippen molar-refractivity contribution in [1.29, 1.82) is 0 Å². The molecule has 0 radical (unpaired) electrons. The summed E-state index contributed by atoms with van der Waals surface area (Å²) in [5, 5.41) is 3.56. The Labute approximate surface area is 88.3 Å². The molecule has 1 heteroatoms. The first-order valence-electron chi connectivity index (χ1n) is 5.33. The molecule has 0 aromatic carbocycles. The van der Waals surface area contributed by atoms with Gasteiger partial charge >= 0.3 is 0 Å². The molecule has 0 fully saturated rings. The van der Waals surface area contributed by atoms with E-state index in [9.17, 15) is 0 Å². The smallest absolute Gasteiger partial charge is 0.0341 e. The van der Waals surface area contributed by atoms with Gasteiger partial charge in [0.1, 0.15) is 0 Å². The second-order valence-electron chi connectivity index (χ2n) is 5.90. The summed E-state index contributed by atoms with van der Waals surface area (Å²) in [5.41, 5.74) is 4.56. The zero-order chi connectivity index (χ0) is 11.1. The fourth-order valence-corrected chi connectivity index (χ4v) is 1.80. The first-order chi connectivity index (χ1) is 6.13. The Morgan fingerprint density at radius 1 is 1.14 bits per heavy atom. The standard InChI is InChI=1S/C13H23N/c1-9-10(2)13(6,7)8-11(9)14-12(3,4)5/h8,14H,1-7H3. The van der Waals surface area contributed by atoms with Crippen molar-refractivity contribution in [3.8, 4) is 0 Å². The van der Waals surface area contributed by atoms with Crippen LogP contribution in [0.15, 0.2) is 22.9 Å². The minimum atomic E-state index is 0.147. The van der Waals surface area contributed by atoms with Crippen LogP contribution in [0.1, 0.15) is 48.5 Å². The van der Waals surface area contributed by atoms with E-state index in [1.165, 1.54) is 16.8 Å². The van der Waals surface area contributed by atoms with Crippen molar-refractivity contribution in [3.63, 3.8) is 0 Å². The molecule has 1 aliphatic carbocycles. The van der Waals surface area contributed by atoms with Crippen molar-refractivity contribution in [2.75, 3.05) is 0 Å². The molecule has 14 heavy (non-hydrogen) atoms. The monoisotopic (exact) mass is 193 g/mol. The van der Waals surface area contributed by atoms with Crippen molar-refractivity contribution < 1.29 is 0 Å². The summed E-state index contributed by atoms with van der Waals surface area (Å²) in [5.74, 6) is 0. The second-order valence-corrected chi connectivity index (χ2v) is 5.90. The topological polar surface area (TPSA) is 12.0 Å². The summed E-state index contributed by atoms with van der Waals surface area (Å²) in [6, 6.07) is 0. The lowest BCUT2D eigenvalue weighted by Gasteiger charge is -2.23. The SMILES string of the molecule is CC1=C(C)C(C)(C)C=C1NC(C)(C)C. The Hall–Kier alpha value is -0.720. The van der Waals surface area contributed by atoms with Gasteiger partial charge in [0.25, 0.3) is 0 Å². The summed E-state index contributed by atoms with van der Waals surface area (Å²) in [7, 11) is 0. The van der Waals surface area contributed by atoms with Gasteiger partial charge in [0.15, 0.2) is 0 Å². The quantitative estimate of drug-likeness (QED) is 0.670. The Morgan fingerprint density at radius 3 is 1.93 bits per heavy atom. The van der Waals surface area contributed by atoms with Gasteiger partial charge in [-0.2, -0.15) is 0 Å². The first kappa shape index (κ1) is 11.4. The maximum absolute atomic E-state index is 3.56. The van der Waals surface area contributed by atoms with Crippen LogP contribution in [-0.2, 0) is 0 Å². The maximum atomic E-state index is 3.56. The average Bonchev–Trinajstić information content (AvgIpc) is 2.11. The first-order valence-corrected chi connectivity index (χ1v) is 5.33. The van der Waals surface area contributed by atoms with Crippen molar-refractivity contribution in [2.45, 2.75) is 54.0 Å². The number of nitrogens with one attached hydrogen (secondary N) is 1. The van der Waals surface area contributed by atoms with Gasteiger partial charge in [-0.25, -0.2) is 0 Å². The van der Waals surface area contributed by atoms with Crippen LogP contribution in [0.25, 0.3) is 0 Å². The van der Waals surface area contributed by atoms with E-state index < -0.39 is 0 Å². The molecule has 0 spiro atoms. The number of allylic oxidation sites excluding steroid dienone is 3. The van der Waals surface area contributed by atoms with Gasteiger partial charge in [-0.3, -0.25) is 0 Å². The lowest BCUT2D eigenvalue weighted by Crippen LogP contribution is -2.35. The van der Waals surface area contributed by atoms with E-state index in [1.807, 2.05) is 0 Å². The maximum Gasteiger partial charge on any atom is 0.0341 e. The van der Waals surface area contributed by atoms with Crippen LogP contribution in [0.5, 0.6) is 0 Å². The highest BCUT2D eigenvalue weighted by molar-refractivity contribution is 5.45. The van der Waals surface area contributed by atoms with E-state index in [0.29, 0.717) is 0 Å². The van der Waals surface area contributed by atoms with E-state index in [4.69, 9.17) is 0 Å². The molecular formula is C13H23N. The Bertz CT molecular complexity index is 298. The summed E-state index contributed by atoms with van der Waals surface area (Å²) in [6.45, 7) is 15.6. The van der Waals surface area contributed by atoms with Gasteiger partial charge in [0, 0.05) is 16.7 Å². The average molecular weight is 193 g/mol. The number of hydrogen-bond acceptors (Lipinski definition) is 1. The van der Waals surface area contributed by atoms with Crippen LogP contribution < -0.4 is 5.32 Å². The molecule has 0 atom stereocenters. The van der Waals surface area contributed by atoms with Crippen molar-refractivity contribution >= 4 is 0 Å². The Morgan fingerprint density at radius 2 is 1.64 bits per heavy atom. The van der Waals surface area contributed by atoms with Crippen molar-refractivity contribution in [2.24, 2.45) is 5.41 Å². The molecular weight excluding hydrogens is 170 g/mol. The molecule has 0 unspecified atom stereocenters. The van der Waals surface area contributed by atoms with Crippen molar-refractivity contribution in [3.05, 3.63) is 22.9 Å². The van der Waals surface area contributed by atoms with E-state index in [-0.39, 0.29) is 11.0 Å². The largest absolute Gasteiger partial charge is 0.380 e. The highest BCUT2D eigenvalue weighted by Gasteiger charge is 2.28. The van der Waals surface area contributed by atoms with E-state index in [1.54, 1.807) is 0 Å². The van der Waals surface area contributed by atoms with Gasteiger partial charge < -0.3 is 5.32 Å². The molecule has 0 aliphatic heterocycles. The lowest BCUT2D eigenvalue weighted by atomic mass is 9.88. The molecule has 1 N–H and O–H groups in total. The van der Waals surface area contributed by atoms with Crippen LogP contribution >= 0.6 is 0 Å². The molecule has 0 heterocycles. The van der Waals surface area contributed by atoms with Crippen LogP contribution in [-0.4, -0.2) is 5.54 Å². The van der Waals surface area contributed by atoms with Gasteiger partial charge in [0.05, 0.1) is 0 Å². The lowest BCUT2D eigenvalue weighted by molar-refractivity contribution is 0.475. The third kappa shape index (κ3) is 2.20. The molecule has 80 valence electrons. The molecule has 1 rings (SSSR count). The molecule has 0 aromatic rings. The zero-order valence-electron chi connectivity index (χ0n) is 10.6. The third-order valence-corrected chi connectivity index (χ3v) is 2.95. The van der Waals surface area contributed by atoms with Crippen LogP contribution in [0.2, 0.25) is 0 Å². The van der Waals surface area contributed by atoms with E-state index in [2.05, 4.69) is 59.9 Å². The summed E-state index contributed by atoms with van der Waals surface area (Å²) < 4.78 is 0. The highest BCUT2D eigenvalue weighted by atomic mass is 15.0. The third-order valence-electron chi connectivity index (χ3n) is 2.95. The predicted molar refractivity (Wildman–Crippen MR) is 63.1 cm³/mol. The Balaban J connectivity index is 2.95. The normalized spacial score (nSPS) is 21.2. The fraction of sp³-hybridized carbons (Fsp3) is 0.692. The molecule has 0 saturated heterocycles. The summed E-state index contributed by atoms with van der Waals surface area (Å²) >= 11 is 0. The molecule has 0 bridgehead atoms. The van der Waals surface area contributed by atoms with E-state index in [0.717, 1.165) is 0 Å². The van der Waals surface area contributed by atoms with Gasteiger partial charge in [-0.05, 0) is 40.2 Å². The van der Waals surface area contributed by atoms with Crippen LogP contribution in [0.4, 0.5) is 0 Å². The second kappa shape index (κ2) is 3.15. The van der Waals surface area contributed by atoms with Crippen molar-refractivity contribution in [1.82, 2.24) is 5.32 Å². The van der Waals surface area contributed by atoms with Gasteiger partial charge in [-0.1, -0.05) is 25.5 Å². The van der Waals surface area contributed by atoms with Crippen LogP contribution in [0, 0.1) is 5.41 Å². The van der Waals surface area contributed by atoms with E-state index >= 15 is 0 Å². The molecule has 0 aromatic heterocycles. The fourth-order valence-electron chi connectivity index (χ4n) is 1.80. The molecule has 1 nitrogen and oxygen atoms in total.